The summed E-state index contributed by atoms with van der Waals surface area (Å²) in [6, 6.07) is 15.5. The molecular formula is C19H19NO3S. The Hall–Kier alpha value is -2.37. The number of hydrogen-bond donors (Lipinski definition) is 1. The molecule has 0 atom stereocenters. The van der Waals surface area contributed by atoms with Crippen molar-refractivity contribution >= 4 is 11.3 Å². The van der Waals surface area contributed by atoms with Crippen molar-refractivity contribution in [3.05, 3.63) is 64.7 Å². The van der Waals surface area contributed by atoms with Crippen LogP contribution in [0.5, 0.6) is 11.5 Å². The van der Waals surface area contributed by atoms with Gasteiger partial charge in [-0.05, 0) is 24.6 Å². The highest BCUT2D eigenvalue weighted by Crippen LogP contribution is 2.31. The van der Waals surface area contributed by atoms with Crippen molar-refractivity contribution in [1.82, 2.24) is 4.98 Å². The van der Waals surface area contributed by atoms with Gasteiger partial charge in [-0.15, -0.1) is 11.3 Å². The third-order valence-corrected chi connectivity index (χ3v) is 4.75. The van der Waals surface area contributed by atoms with Gasteiger partial charge in [0.2, 0.25) is 0 Å². The first-order valence-electron chi connectivity index (χ1n) is 7.63. The molecule has 0 fully saturated rings. The molecule has 0 spiro atoms. The molecule has 24 heavy (non-hydrogen) atoms. The molecule has 1 N–H and O–H groups in total. The van der Waals surface area contributed by atoms with E-state index in [1.807, 2.05) is 30.3 Å². The fourth-order valence-electron chi connectivity index (χ4n) is 2.34. The molecule has 2 aromatic carbocycles. The lowest BCUT2D eigenvalue weighted by Crippen LogP contribution is -2.00. The molecule has 0 aliphatic heterocycles. The van der Waals surface area contributed by atoms with Crippen LogP contribution in [0.15, 0.2) is 48.5 Å². The number of methoxy groups -OCH3 is 1. The van der Waals surface area contributed by atoms with E-state index in [2.05, 4.69) is 19.1 Å². The van der Waals surface area contributed by atoms with Crippen LogP contribution in [0.1, 0.15) is 16.1 Å². The molecule has 124 valence electrons. The highest BCUT2D eigenvalue weighted by Gasteiger charge is 2.12. The van der Waals surface area contributed by atoms with Gasteiger partial charge in [-0.25, -0.2) is 4.98 Å². The van der Waals surface area contributed by atoms with Crippen molar-refractivity contribution in [2.24, 2.45) is 0 Å². The van der Waals surface area contributed by atoms with E-state index < -0.39 is 0 Å². The van der Waals surface area contributed by atoms with Crippen LogP contribution >= 0.6 is 11.3 Å². The van der Waals surface area contributed by atoms with Crippen molar-refractivity contribution in [3.8, 4) is 22.1 Å². The van der Waals surface area contributed by atoms with E-state index in [-0.39, 0.29) is 6.61 Å². The molecule has 3 aromatic rings. The Morgan fingerprint density at radius 3 is 2.58 bits per heavy atom. The van der Waals surface area contributed by atoms with Crippen LogP contribution in [0, 0.1) is 6.92 Å². The fraction of sp³-hybridized carbons (Fsp3) is 0.211. The molecule has 0 bridgehead atoms. The quantitative estimate of drug-likeness (QED) is 0.730. The SMILES string of the molecule is COc1cc(CO)ccc1OCc1nc(-c2ccccc2)sc1C. The molecule has 3 rings (SSSR count). The van der Waals surface area contributed by atoms with E-state index in [9.17, 15) is 5.11 Å². The molecule has 5 heteroatoms. The van der Waals surface area contributed by atoms with Gasteiger partial charge in [0.25, 0.3) is 0 Å². The second-order valence-corrected chi connectivity index (χ2v) is 6.52. The van der Waals surface area contributed by atoms with Crippen LogP contribution in [-0.2, 0) is 13.2 Å². The van der Waals surface area contributed by atoms with Gasteiger partial charge >= 0.3 is 0 Å². The number of nitrogens with zero attached hydrogens (tertiary/aromatic N) is 1. The monoisotopic (exact) mass is 341 g/mol. The maximum absolute atomic E-state index is 9.20. The Labute approximate surface area is 145 Å². The van der Waals surface area contributed by atoms with Crippen molar-refractivity contribution < 1.29 is 14.6 Å². The first-order valence-corrected chi connectivity index (χ1v) is 8.45. The normalized spacial score (nSPS) is 10.6. The molecule has 0 aliphatic carbocycles. The summed E-state index contributed by atoms with van der Waals surface area (Å²) in [5.41, 5.74) is 2.82. The molecule has 1 aromatic heterocycles. The maximum Gasteiger partial charge on any atom is 0.161 e. The van der Waals surface area contributed by atoms with Crippen LogP contribution in [-0.4, -0.2) is 17.2 Å². The van der Waals surface area contributed by atoms with E-state index in [4.69, 9.17) is 14.5 Å². The zero-order valence-corrected chi connectivity index (χ0v) is 14.5. The molecule has 0 aliphatic rings. The first-order chi connectivity index (χ1) is 11.7. The first kappa shape index (κ1) is 16.5. The molecule has 0 radical (unpaired) electrons. The number of aliphatic hydroxyl groups excluding tert-OH is 1. The second kappa shape index (κ2) is 7.47. The van der Waals surface area contributed by atoms with Crippen LogP contribution in [0.3, 0.4) is 0 Å². The molecule has 0 saturated carbocycles. The lowest BCUT2D eigenvalue weighted by Gasteiger charge is -2.11. The van der Waals surface area contributed by atoms with Gasteiger partial charge in [0.05, 0.1) is 19.4 Å². The summed E-state index contributed by atoms with van der Waals surface area (Å²) < 4.78 is 11.2. The lowest BCUT2D eigenvalue weighted by molar-refractivity contribution is 0.272. The summed E-state index contributed by atoms with van der Waals surface area (Å²) in [7, 11) is 1.59. The summed E-state index contributed by atoms with van der Waals surface area (Å²) in [6.45, 7) is 2.40. The number of ether oxygens (including phenoxy) is 2. The number of aliphatic hydroxyl groups is 1. The van der Waals surface area contributed by atoms with Crippen LogP contribution in [0.4, 0.5) is 0 Å². The zero-order chi connectivity index (χ0) is 16.9. The lowest BCUT2D eigenvalue weighted by atomic mass is 10.2. The predicted molar refractivity (Wildman–Crippen MR) is 95.5 cm³/mol. The predicted octanol–water partition coefficient (Wildman–Crippen LogP) is 4.20. The maximum atomic E-state index is 9.20. The third-order valence-electron chi connectivity index (χ3n) is 3.69. The van der Waals surface area contributed by atoms with Gasteiger partial charge < -0.3 is 14.6 Å². The van der Waals surface area contributed by atoms with Gasteiger partial charge in [-0.1, -0.05) is 36.4 Å². The number of hydrogen-bond acceptors (Lipinski definition) is 5. The molecule has 4 nitrogen and oxygen atoms in total. The Balaban J connectivity index is 1.77. The number of aromatic nitrogens is 1. The summed E-state index contributed by atoms with van der Waals surface area (Å²) in [5, 5.41) is 10.2. The van der Waals surface area contributed by atoms with Gasteiger partial charge in [-0.2, -0.15) is 0 Å². The van der Waals surface area contributed by atoms with Crippen molar-refractivity contribution in [3.63, 3.8) is 0 Å². The van der Waals surface area contributed by atoms with E-state index >= 15 is 0 Å². The Morgan fingerprint density at radius 1 is 1.08 bits per heavy atom. The van der Waals surface area contributed by atoms with E-state index in [0.29, 0.717) is 18.1 Å². The van der Waals surface area contributed by atoms with Gasteiger partial charge in [0, 0.05) is 10.4 Å². The summed E-state index contributed by atoms with van der Waals surface area (Å²) >= 11 is 1.66. The van der Waals surface area contributed by atoms with Crippen LogP contribution in [0.25, 0.3) is 10.6 Å². The highest BCUT2D eigenvalue weighted by atomic mass is 32.1. The largest absolute Gasteiger partial charge is 0.493 e. The summed E-state index contributed by atoms with van der Waals surface area (Å²) in [6.07, 6.45) is 0. The second-order valence-electron chi connectivity index (χ2n) is 5.32. The van der Waals surface area contributed by atoms with Crippen molar-refractivity contribution in [1.29, 1.82) is 0 Å². The number of rotatable bonds is 6. The minimum atomic E-state index is -0.0255. The Bertz CT molecular complexity index is 815. The summed E-state index contributed by atoms with van der Waals surface area (Å²) in [4.78, 5) is 5.84. The molecule has 0 saturated heterocycles. The fourth-order valence-corrected chi connectivity index (χ4v) is 3.26. The minimum absolute atomic E-state index is 0.0255. The summed E-state index contributed by atoms with van der Waals surface area (Å²) in [5.74, 6) is 1.25. The van der Waals surface area contributed by atoms with Gasteiger partial charge in [-0.3, -0.25) is 0 Å². The van der Waals surface area contributed by atoms with E-state index in [1.54, 1.807) is 24.5 Å². The zero-order valence-electron chi connectivity index (χ0n) is 13.7. The third kappa shape index (κ3) is 3.58. The van der Waals surface area contributed by atoms with Crippen LogP contribution < -0.4 is 9.47 Å². The van der Waals surface area contributed by atoms with E-state index in [1.165, 1.54) is 0 Å². The number of benzene rings is 2. The van der Waals surface area contributed by atoms with Gasteiger partial charge in [0.15, 0.2) is 11.5 Å². The topological polar surface area (TPSA) is 51.6 Å². The molecule has 0 amide bonds. The standard InChI is InChI=1S/C19H19NO3S/c1-13-16(20-19(24-13)15-6-4-3-5-7-15)12-23-17-9-8-14(11-21)10-18(17)22-2/h3-10,21H,11-12H2,1-2H3. The smallest absolute Gasteiger partial charge is 0.161 e. The average molecular weight is 341 g/mol. The molecule has 1 heterocycles. The number of thiazole rings is 1. The number of aryl methyl sites for hydroxylation is 1. The molecular weight excluding hydrogens is 322 g/mol. The Morgan fingerprint density at radius 2 is 1.88 bits per heavy atom. The molecule has 0 unspecified atom stereocenters. The highest BCUT2D eigenvalue weighted by molar-refractivity contribution is 7.15. The minimum Gasteiger partial charge on any atom is -0.493 e. The average Bonchev–Trinajstić information content (AvgIpc) is 3.01. The van der Waals surface area contributed by atoms with Gasteiger partial charge in [0.1, 0.15) is 11.6 Å². The Kier molecular flexibility index (Phi) is 5.13. The van der Waals surface area contributed by atoms with Crippen molar-refractivity contribution in [2.45, 2.75) is 20.1 Å². The van der Waals surface area contributed by atoms with Crippen LogP contribution in [0.2, 0.25) is 0 Å². The van der Waals surface area contributed by atoms with E-state index in [0.717, 1.165) is 26.7 Å². The van der Waals surface area contributed by atoms with Crippen molar-refractivity contribution in [2.75, 3.05) is 7.11 Å².